The third kappa shape index (κ3) is 2.77. The number of hydrogen-bond donors (Lipinski definition) is 1. The standard InChI is InChI=1S/C11H10BrClN2O/c1-7-4-8(5-15-11(7)13)14-6-9-2-3-10(12)16-9/h2-5,14H,6H2,1H3. The molecule has 0 saturated carbocycles. The van der Waals surface area contributed by atoms with E-state index in [2.05, 4.69) is 26.2 Å². The largest absolute Gasteiger partial charge is 0.452 e. The molecule has 5 heteroatoms. The predicted octanol–water partition coefficient (Wildman–Crippen LogP) is 4.01. The zero-order valence-electron chi connectivity index (χ0n) is 8.63. The maximum absolute atomic E-state index is 5.84. The number of anilines is 1. The lowest BCUT2D eigenvalue weighted by Gasteiger charge is -2.05. The zero-order valence-corrected chi connectivity index (χ0v) is 11.0. The molecule has 0 bridgehead atoms. The van der Waals surface area contributed by atoms with Crippen LogP contribution in [-0.2, 0) is 6.54 Å². The molecule has 0 spiro atoms. The molecule has 2 heterocycles. The first kappa shape index (κ1) is 11.5. The molecule has 16 heavy (non-hydrogen) atoms. The summed E-state index contributed by atoms with van der Waals surface area (Å²) in [6.45, 7) is 2.54. The summed E-state index contributed by atoms with van der Waals surface area (Å²) in [7, 11) is 0. The van der Waals surface area contributed by atoms with Crippen LogP contribution in [0.25, 0.3) is 0 Å². The fraction of sp³-hybridized carbons (Fsp3) is 0.182. The monoisotopic (exact) mass is 300 g/mol. The Morgan fingerprint density at radius 1 is 1.50 bits per heavy atom. The highest BCUT2D eigenvalue weighted by molar-refractivity contribution is 9.10. The van der Waals surface area contributed by atoms with Gasteiger partial charge in [0.1, 0.15) is 10.9 Å². The molecule has 2 rings (SSSR count). The molecule has 3 nitrogen and oxygen atoms in total. The van der Waals surface area contributed by atoms with Crippen molar-refractivity contribution in [1.29, 1.82) is 0 Å². The fourth-order valence-electron chi connectivity index (χ4n) is 1.29. The Morgan fingerprint density at radius 2 is 2.31 bits per heavy atom. The first-order valence-electron chi connectivity index (χ1n) is 4.75. The van der Waals surface area contributed by atoms with Crippen molar-refractivity contribution < 1.29 is 4.42 Å². The van der Waals surface area contributed by atoms with Gasteiger partial charge in [-0.25, -0.2) is 4.98 Å². The highest BCUT2D eigenvalue weighted by atomic mass is 79.9. The van der Waals surface area contributed by atoms with Gasteiger partial charge in [-0.15, -0.1) is 0 Å². The molecule has 0 aromatic carbocycles. The van der Waals surface area contributed by atoms with Gasteiger partial charge >= 0.3 is 0 Å². The SMILES string of the molecule is Cc1cc(NCc2ccc(Br)o2)cnc1Cl. The van der Waals surface area contributed by atoms with E-state index >= 15 is 0 Å². The number of halogens is 2. The van der Waals surface area contributed by atoms with Crippen molar-refractivity contribution in [1.82, 2.24) is 4.98 Å². The molecule has 0 saturated heterocycles. The van der Waals surface area contributed by atoms with Crippen molar-refractivity contribution in [3.63, 3.8) is 0 Å². The van der Waals surface area contributed by atoms with E-state index in [0.29, 0.717) is 11.7 Å². The lowest BCUT2D eigenvalue weighted by Crippen LogP contribution is -1.99. The van der Waals surface area contributed by atoms with Crippen LogP contribution in [0.5, 0.6) is 0 Å². The summed E-state index contributed by atoms with van der Waals surface area (Å²) in [5.74, 6) is 0.861. The van der Waals surface area contributed by atoms with E-state index in [1.165, 1.54) is 0 Å². The minimum absolute atomic E-state index is 0.534. The van der Waals surface area contributed by atoms with Crippen molar-refractivity contribution in [3.8, 4) is 0 Å². The summed E-state index contributed by atoms with van der Waals surface area (Å²) in [6.07, 6.45) is 1.70. The van der Waals surface area contributed by atoms with E-state index in [4.69, 9.17) is 16.0 Å². The Morgan fingerprint density at radius 3 is 2.94 bits per heavy atom. The second-order valence-corrected chi connectivity index (χ2v) is 4.53. The predicted molar refractivity (Wildman–Crippen MR) is 67.7 cm³/mol. The van der Waals surface area contributed by atoms with Crippen molar-refractivity contribution in [3.05, 3.63) is 45.5 Å². The second kappa shape index (κ2) is 4.89. The van der Waals surface area contributed by atoms with Gasteiger partial charge in [0.05, 0.1) is 18.4 Å². The number of hydrogen-bond acceptors (Lipinski definition) is 3. The lowest BCUT2D eigenvalue weighted by molar-refractivity contribution is 0.495. The molecule has 84 valence electrons. The maximum Gasteiger partial charge on any atom is 0.169 e. The second-order valence-electron chi connectivity index (χ2n) is 3.39. The van der Waals surface area contributed by atoms with E-state index in [-0.39, 0.29) is 0 Å². The van der Waals surface area contributed by atoms with Crippen molar-refractivity contribution in [2.45, 2.75) is 13.5 Å². The Kier molecular flexibility index (Phi) is 3.51. The molecule has 0 aliphatic heterocycles. The average molecular weight is 302 g/mol. The lowest BCUT2D eigenvalue weighted by atomic mass is 10.3. The highest BCUT2D eigenvalue weighted by Crippen LogP contribution is 2.18. The van der Waals surface area contributed by atoms with Crippen LogP contribution in [-0.4, -0.2) is 4.98 Å². The third-order valence-electron chi connectivity index (χ3n) is 2.11. The van der Waals surface area contributed by atoms with Crippen LogP contribution >= 0.6 is 27.5 Å². The van der Waals surface area contributed by atoms with Crippen molar-refractivity contribution >= 4 is 33.2 Å². The van der Waals surface area contributed by atoms with Crippen LogP contribution in [0, 0.1) is 6.92 Å². The molecule has 0 amide bonds. The number of rotatable bonds is 3. The molecule has 2 aromatic rings. The number of nitrogens with one attached hydrogen (secondary N) is 1. The number of pyridine rings is 1. The van der Waals surface area contributed by atoms with E-state index in [9.17, 15) is 0 Å². The summed E-state index contributed by atoms with van der Waals surface area (Å²) in [6, 6.07) is 5.73. The van der Waals surface area contributed by atoms with Crippen LogP contribution in [0.15, 0.2) is 33.5 Å². The molecular weight excluding hydrogens is 291 g/mol. The molecule has 1 N–H and O–H groups in total. The number of aryl methyl sites for hydroxylation is 1. The minimum atomic E-state index is 0.534. The molecule has 0 radical (unpaired) electrons. The quantitative estimate of drug-likeness (QED) is 0.870. The molecule has 0 unspecified atom stereocenters. The summed E-state index contributed by atoms with van der Waals surface area (Å²) in [5.41, 5.74) is 1.88. The summed E-state index contributed by atoms with van der Waals surface area (Å²) < 4.78 is 6.10. The van der Waals surface area contributed by atoms with Crippen LogP contribution < -0.4 is 5.32 Å². The van der Waals surface area contributed by atoms with Crippen LogP contribution in [0.3, 0.4) is 0 Å². The van der Waals surface area contributed by atoms with Gasteiger partial charge in [-0.05, 0) is 46.6 Å². The van der Waals surface area contributed by atoms with Gasteiger partial charge in [-0.3, -0.25) is 0 Å². The first-order valence-corrected chi connectivity index (χ1v) is 5.92. The van der Waals surface area contributed by atoms with Crippen LogP contribution in [0.4, 0.5) is 5.69 Å². The number of furan rings is 1. The molecule has 0 fully saturated rings. The Bertz CT molecular complexity index is 498. The van der Waals surface area contributed by atoms with E-state index in [1.807, 2.05) is 25.1 Å². The Hall–Kier alpha value is -1.00. The van der Waals surface area contributed by atoms with Crippen LogP contribution in [0.2, 0.25) is 5.15 Å². The fourth-order valence-corrected chi connectivity index (χ4v) is 1.73. The minimum Gasteiger partial charge on any atom is -0.452 e. The van der Waals surface area contributed by atoms with Gasteiger partial charge in [0.25, 0.3) is 0 Å². The van der Waals surface area contributed by atoms with Gasteiger partial charge in [0.15, 0.2) is 4.67 Å². The molecule has 0 aliphatic carbocycles. The number of nitrogens with zero attached hydrogens (tertiary/aromatic N) is 1. The maximum atomic E-state index is 5.84. The molecule has 0 aliphatic rings. The zero-order chi connectivity index (χ0) is 11.5. The normalized spacial score (nSPS) is 10.4. The molecular formula is C11H10BrClN2O. The Labute approximate surface area is 107 Å². The average Bonchev–Trinajstić information content (AvgIpc) is 2.66. The van der Waals surface area contributed by atoms with Gasteiger partial charge in [-0.1, -0.05) is 11.6 Å². The Balaban J connectivity index is 2.02. The van der Waals surface area contributed by atoms with Crippen molar-refractivity contribution in [2.75, 3.05) is 5.32 Å². The molecule has 2 aromatic heterocycles. The van der Waals surface area contributed by atoms with Crippen molar-refractivity contribution in [2.24, 2.45) is 0 Å². The van der Waals surface area contributed by atoms with Crippen LogP contribution in [0.1, 0.15) is 11.3 Å². The van der Waals surface area contributed by atoms with E-state index < -0.39 is 0 Å². The van der Waals surface area contributed by atoms with Gasteiger partial charge in [-0.2, -0.15) is 0 Å². The topological polar surface area (TPSA) is 38.1 Å². The molecule has 0 atom stereocenters. The summed E-state index contributed by atoms with van der Waals surface area (Å²) in [5, 5.41) is 3.74. The van der Waals surface area contributed by atoms with E-state index in [1.54, 1.807) is 6.20 Å². The van der Waals surface area contributed by atoms with Gasteiger partial charge in [0, 0.05) is 0 Å². The first-order chi connectivity index (χ1) is 7.65. The summed E-state index contributed by atoms with van der Waals surface area (Å²) >= 11 is 9.09. The third-order valence-corrected chi connectivity index (χ3v) is 2.93. The highest BCUT2D eigenvalue weighted by Gasteiger charge is 2.01. The van der Waals surface area contributed by atoms with Gasteiger partial charge < -0.3 is 9.73 Å². The summed E-state index contributed by atoms with van der Waals surface area (Å²) in [4.78, 5) is 4.06. The van der Waals surface area contributed by atoms with E-state index in [0.717, 1.165) is 21.7 Å². The van der Waals surface area contributed by atoms with Gasteiger partial charge in [0.2, 0.25) is 0 Å². The smallest absolute Gasteiger partial charge is 0.169 e. The number of aromatic nitrogens is 1.